The molecule has 0 saturated carbocycles. The van der Waals surface area contributed by atoms with Crippen molar-refractivity contribution in [2.45, 2.75) is 12.2 Å². The fourth-order valence-corrected chi connectivity index (χ4v) is 3.44. The maximum Gasteiger partial charge on any atom is 0.490 e. The molecule has 4 rings (SSSR count). The van der Waals surface area contributed by atoms with Gasteiger partial charge >= 0.3 is 24.1 Å². The Labute approximate surface area is 194 Å². The van der Waals surface area contributed by atoms with E-state index in [-0.39, 0.29) is 29.1 Å². The van der Waals surface area contributed by atoms with Gasteiger partial charge in [-0.15, -0.1) is 0 Å². The van der Waals surface area contributed by atoms with Gasteiger partial charge in [-0.25, -0.2) is 23.2 Å². The molecule has 2 saturated heterocycles. The van der Waals surface area contributed by atoms with Gasteiger partial charge in [0.15, 0.2) is 11.6 Å². The monoisotopic (exact) mass is 503 g/mol. The number of anilines is 1. The number of benzene rings is 2. The van der Waals surface area contributed by atoms with Crippen LogP contribution in [0.4, 0.5) is 32.4 Å². The Balaban J connectivity index is 0.000000429. The van der Waals surface area contributed by atoms with Crippen LogP contribution >= 0.6 is 0 Å². The van der Waals surface area contributed by atoms with E-state index in [1.807, 2.05) is 0 Å². The van der Waals surface area contributed by atoms with Gasteiger partial charge < -0.3 is 25.2 Å². The molecular formula is C21H18F5N3O6. The third kappa shape index (κ3) is 6.15. The average Bonchev–Trinajstić information content (AvgIpc) is 3.11. The van der Waals surface area contributed by atoms with Crippen LogP contribution in [0.2, 0.25) is 0 Å². The van der Waals surface area contributed by atoms with E-state index in [4.69, 9.17) is 19.7 Å². The van der Waals surface area contributed by atoms with Crippen LogP contribution in [-0.4, -0.2) is 71.5 Å². The Morgan fingerprint density at radius 1 is 1.09 bits per heavy atom. The van der Waals surface area contributed by atoms with Crippen LogP contribution in [0.3, 0.4) is 0 Å². The van der Waals surface area contributed by atoms with Gasteiger partial charge in [0.2, 0.25) is 0 Å². The van der Waals surface area contributed by atoms with E-state index >= 15 is 0 Å². The fraction of sp³-hybridized carbons (Fsp3) is 0.286. The molecule has 2 aromatic rings. The quantitative estimate of drug-likeness (QED) is 0.548. The zero-order valence-electron chi connectivity index (χ0n) is 17.7. The van der Waals surface area contributed by atoms with Crippen molar-refractivity contribution >= 4 is 23.7 Å². The number of aliphatic carboxylic acids is 1. The van der Waals surface area contributed by atoms with Crippen LogP contribution in [0.1, 0.15) is 10.4 Å². The summed E-state index contributed by atoms with van der Waals surface area (Å²) in [6.07, 6.45) is -5.08. The number of amides is 2. The van der Waals surface area contributed by atoms with Crippen molar-refractivity contribution in [3.8, 4) is 11.5 Å². The van der Waals surface area contributed by atoms with Crippen molar-refractivity contribution < 1.29 is 51.3 Å². The molecule has 0 spiro atoms. The lowest BCUT2D eigenvalue weighted by atomic mass is 10.2. The second-order valence-electron chi connectivity index (χ2n) is 7.44. The molecule has 0 aromatic heterocycles. The number of hydrogen-bond donors (Lipinski definition) is 3. The normalized spacial score (nSPS) is 17.4. The number of carbonyl (C=O) groups is 3. The number of urea groups is 1. The molecule has 2 fully saturated rings. The first-order valence-corrected chi connectivity index (χ1v) is 9.97. The maximum atomic E-state index is 14.1. The molecule has 0 aliphatic carbocycles. The highest BCUT2D eigenvalue weighted by Crippen LogP contribution is 2.32. The van der Waals surface area contributed by atoms with Gasteiger partial charge in [-0.3, -0.25) is 4.90 Å². The number of carbonyl (C=O) groups excluding carboxylic acids is 1. The molecule has 9 nitrogen and oxygen atoms in total. The van der Waals surface area contributed by atoms with E-state index in [2.05, 4.69) is 5.32 Å². The van der Waals surface area contributed by atoms with Gasteiger partial charge in [0, 0.05) is 38.3 Å². The predicted octanol–water partition coefficient (Wildman–Crippen LogP) is 3.30. The van der Waals surface area contributed by atoms with E-state index in [1.54, 1.807) is 4.90 Å². The number of fused-ring (bicyclic) bond motifs is 1. The summed E-state index contributed by atoms with van der Waals surface area (Å²) in [5, 5.41) is 19.2. The molecule has 2 aliphatic rings. The number of aromatic carboxylic acids is 1. The van der Waals surface area contributed by atoms with Gasteiger partial charge in [0.1, 0.15) is 11.6 Å². The Hall–Kier alpha value is -3.94. The summed E-state index contributed by atoms with van der Waals surface area (Å²) in [6.45, 7) is 2.37. The van der Waals surface area contributed by atoms with Crippen molar-refractivity contribution in [1.29, 1.82) is 0 Å². The number of ether oxygens (including phenoxy) is 1. The second-order valence-corrected chi connectivity index (χ2v) is 7.44. The van der Waals surface area contributed by atoms with Crippen LogP contribution in [-0.2, 0) is 4.79 Å². The SMILES string of the molecule is O=C(O)C(F)(F)F.O=C(O)c1ccc(Oc2cc(F)cc(N3C[C@@H]4CNCCN4C3=O)c2)c(F)c1. The standard InChI is InChI=1S/C19H17F2N3O4.C2HF3O2/c20-12-6-13(24-10-14-9-22-3-4-23(14)19(24)27)8-15(7-12)28-17-2-1-11(18(25)26)5-16(17)21;3-2(4,5)1(6)7/h1-2,5-8,14,22H,3-4,9-10H2,(H,25,26);(H,6,7)/t14-;/m0./s1. The highest BCUT2D eigenvalue weighted by atomic mass is 19.4. The zero-order chi connectivity index (χ0) is 25.9. The maximum absolute atomic E-state index is 14.1. The molecule has 2 aromatic carbocycles. The van der Waals surface area contributed by atoms with Crippen LogP contribution in [0.15, 0.2) is 36.4 Å². The highest BCUT2D eigenvalue weighted by Gasteiger charge is 2.39. The lowest BCUT2D eigenvalue weighted by Gasteiger charge is -2.28. The second kappa shape index (κ2) is 10.1. The summed E-state index contributed by atoms with van der Waals surface area (Å²) in [6, 6.07) is 6.73. The van der Waals surface area contributed by atoms with E-state index < -0.39 is 29.7 Å². The molecule has 0 bridgehead atoms. The fourth-order valence-electron chi connectivity index (χ4n) is 3.44. The first kappa shape index (κ1) is 25.7. The summed E-state index contributed by atoms with van der Waals surface area (Å²) in [5.41, 5.74) is 0.0923. The highest BCUT2D eigenvalue weighted by molar-refractivity contribution is 5.95. The third-order valence-electron chi connectivity index (χ3n) is 5.04. The summed E-state index contributed by atoms with van der Waals surface area (Å²) in [7, 11) is 0. The number of nitrogens with one attached hydrogen (secondary N) is 1. The van der Waals surface area contributed by atoms with Gasteiger partial charge in [-0.05, 0) is 24.3 Å². The molecule has 2 heterocycles. The number of carboxylic acid groups (broad SMARTS) is 2. The lowest BCUT2D eigenvalue weighted by molar-refractivity contribution is -0.192. The summed E-state index contributed by atoms with van der Waals surface area (Å²) >= 11 is 0. The third-order valence-corrected chi connectivity index (χ3v) is 5.04. The zero-order valence-corrected chi connectivity index (χ0v) is 17.7. The summed E-state index contributed by atoms with van der Waals surface area (Å²) < 4.78 is 65.4. The van der Waals surface area contributed by atoms with Crippen LogP contribution in [0.5, 0.6) is 11.5 Å². The first-order chi connectivity index (χ1) is 16.4. The molecule has 0 unspecified atom stereocenters. The molecule has 1 atom stereocenters. The smallest absolute Gasteiger partial charge is 0.478 e. The van der Waals surface area contributed by atoms with Crippen molar-refractivity contribution in [3.63, 3.8) is 0 Å². The van der Waals surface area contributed by atoms with Gasteiger partial charge in [-0.2, -0.15) is 13.2 Å². The number of nitrogens with zero attached hydrogens (tertiary/aromatic N) is 2. The van der Waals surface area contributed by atoms with Crippen molar-refractivity contribution in [1.82, 2.24) is 10.2 Å². The van der Waals surface area contributed by atoms with E-state index in [1.165, 1.54) is 23.1 Å². The van der Waals surface area contributed by atoms with Crippen LogP contribution < -0.4 is 15.0 Å². The molecular weight excluding hydrogens is 485 g/mol. The Kier molecular flexibility index (Phi) is 7.43. The largest absolute Gasteiger partial charge is 0.490 e. The van der Waals surface area contributed by atoms with Gasteiger partial charge in [0.25, 0.3) is 0 Å². The minimum absolute atomic E-state index is 0.00720. The Bertz CT molecular complexity index is 1140. The van der Waals surface area contributed by atoms with E-state index in [0.29, 0.717) is 31.9 Å². The topological polar surface area (TPSA) is 119 Å². The van der Waals surface area contributed by atoms with Gasteiger partial charge in [-0.1, -0.05) is 0 Å². The van der Waals surface area contributed by atoms with Gasteiger partial charge in [0.05, 0.1) is 17.3 Å². The van der Waals surface area contributed by atoms with Crippen LogP contribution in [0, 0.1) is 11.6 Å². The van der Waals surface area contributed by atoms with Crippen LogP contribution in [0.25, 0.3) is 0 Å². The average molecular weight is 503 g/mol. The Morgan fingerprint density at radius 3 is 2.34 bits per heavy atom. The van der Waals surface area contributed by atoms with Crippen molar-refractivity contribution in [3.05, 3.63) is 53.6 Å². The molecule has 0 radical (unpaired) electrons. The molecule has 2 amide bonds. The minimum Gasteiger partial charge on any atom is -0.478 e. The van der Waals surface area contributed by atoms with E-state index in [0.717, 1.165) is 18.2 Å². The molecule has 35 heavy (non-hydrogen) atoms. The summed E-state index contributed by atoms with van der Waals surface area (Å²) in [4.78, 5) is 35.6. The molecule has 14 heteroatoms. The molecule has 3 N–H and O–H groups in total. The lowest BCUT2D eigenvalue weighted by Crippen LogP contribution is -2.49. The molecule has 188 valence electrons. The Morgan fingerprint density at radius 2 is 1.77 bits per heavy atom. The number of hydrogen-bond acceptors (Lipinski definition) is 5. The number of rotatable bonds is 4. The van der Waals surface area contributed by atoms with Crippen molar-refractivity contribution in [2.24, 2.45) is 0 Å². The molecule has 2 aliphatic heterocycles. The number of carboxylic acids is 2. The summed E-state index contributed by atoms with van der Waals surface area (Å²) in [5.74, 6) is -5.77. The first-order valence-electron chi connectivity index (χ1n) is 9.97. The number of piperazine rings is 1. The predicted molar refractivity (Wildman–Crippen MR) is 110 cm³/mol. The minimum atomic E-state index is -5.08. The number of alkyl halides is 3. The number of halogens is 5. The van der Waals surface area contributed by atoms with Crippen molar-refractivity contribution in [2.75, 3.05) is 31.1 Å². The van der Waals surface area contributed by atoms with E-state index in [9.17, 15) is 31.5 Å².